The first-order chi connectivity index (χ1) is 8.09. The Kier molecular flexibility index (Phi) is 3.48. The van der Waals surface area contributed by atoms with Gasteiger partial charge in [0.05, 0.1) is 13.2 Å². The van der Waals surface area contributed by atoms with Crippen molar-refractivity contribution in [3.63, 3.8) is 0 Å². The number of carbonyl (C=O) groups is 1. The summed E-state index contributed by atoms with van der Waals surface area (Å²) in [6, 6.07) is 4.18. The molecule has 0 aromatic heterocycles. The van der Waals surface area contributed by atoms with Gasteiger partial charge in [-0.15, -0.1) is 0 Å². The standard InChI is InChI=1S/C14H19NO2/c1-10-8-11(2)14(12(3)16)13(9-10)15-4-6-17-7-5-15/h8-9H,4-7H2,1-3H3. The number of carbonyl (C=O) groups excluding carboxylic acids is 1. The number of morpholine rings is 1. The normalized spacial score (nSPS) is 16.1. The number of ether oxygens (including phenoxy) is 1. The first kappa shape index (κ1) is 12.1. The molecule has 0 spiro atoms. The molecule has 0 bridgehead atoms. The molecular weight excluding hydrogens is 214 g/mol. The third-order valence-electron chi connectivity index (χ3n) is 3.16. The first-order valence-electron chi connectivity index (χ1n) is 6.04. The molecule has 1 fully saturated rings. The van der Waals surface area contributed by atoms with Crippen LogP contribution in [0.1, 0.15) is 28.4 Å². The molecule has 0 radical (unpaired) electrons. The van der Waals surface area contributed by atoms with E-state index < -0.39 is 0 Å². The van der Waals surface area contributed by atoms with Gasteiger partial charge in [-0.3, -0.25) is 4.79 Å². The second-order valence-electron chi connectivity index (χ2n) is 4.63. The Balaban J connectivity index is 2.46. The summed E-state index contributed by atoms with van der Waals surface area (Å²) in [4.78, 5) is 14.0. The summed E-state index contributed by atoms with van der Waals surface area (Å²) in [7, 11) is 0. The Labute approximate surface area is 102 Å². The third-order valence-corrected chi connectivity index (χ3v) is 3.16. The van der Waals surface area contributed by atoms with Gasteiger partial charge >= 0.3 is 0 Å². The number of hydrogen-bond acceptors (Lipinski definition) is 3. The molecule has 0 atom stereocenters. The molecule has 3 nitrogen and oxygen atoms in total. The van der Waals surface area contributed by atoms with E-state index in [4.69, 9.17) is 4.74 Å². The van der Waals surface area contributed by atoms with Gasteiger partial charge in [-0.25, -0.2) is 0 Å². The maximum Gasteiger partial charge on any atom is 0.162 e. The molecule has 3 heteroatoms. The minimum absolute atomic E-state index is 0.143. The topological polar surface area (TPSA) is 29.5 Å². The lowest BCUT2D eigenvalue weighted by Crippen LogP contribution is -2.37. The van der Waals surface area contributed by atoms with E-state index in [1.54, 1.807) is 6.92 Å². The quantitative estimate of drug-likeness (QED) is 0.734. The molecule has 0 N–H and O–H groups in total. The molecule has 0 amide bonds. The predicted octanol–water partition coefficient (Wildman–Crippen LogP) is 2.34. The largest absolute Gasteiger partial charge is 0.378 e. The molecule has 1 heterocycles. The molecule has 1 aromatic rings. The van der Waals surface area contributed by atoms with Crippen LogP contribution in [0.5, 0.6) is 0 Å². The number of anilines is 1. The van der Waals surface area contributed by atoms with Gasteiger partial charge in [0.1, 0.15) is 0 Å². The van der Waals surface area contributed by atoms with Gasteiger partial charge in [0.2, 0.25) is 0 Å². The van der Waals surface area contributed by atoms with Crippen LogP contribution in [0.25, 0.3) is 0 Å². The summed E-state index contributed by atoms with van der Waals surface area (Å²) in [6.07, 6.45) is 0. The van der Waals surface area contributed by atoms with Crippen molar-refractivity contribution in [2.75, 3.05) is 31.2 Å². The second kappa shape index (κ2) is 4.88. The molecule has 92 valence electrons. The van der Waals surface area contributed by atoms with Crippen molar-refractivity contribution < 1.29 is 9.53 Å². The maximum atomic E-state index is 11.8. The molecule has 0 unspecified atom stereocenters. The highest BCUT2D eigenvalue weighted by Gasteiger charge is 2.18. The van der Waals surface area contributed by atoms with Crippen LogP contribution in [-0.4, -0.2) is 32.1 Å². The summed E-state index contributed by atoms with van der Waals surface area (Å²) < 4.78 is 5.36. The van der Waals surface area contributed by atoms with Gasteiger partial charge in [0, 0.05) is 24.3 Å². The van der Waals surface area contributed by atoms with E-state index in [1.807, 2.05) is 6.92 Å². The zero-order valence-corrected chi connectivity index (χ0v) is 10.7. The molecule has 0 aliphatic carbocycles. The Bertz CT molecular complexity index is 434. The summed E-state index contributed by atoms with van der Waals surface area (Å²) in [5.74, 6) is 0.143. The summed E-state index contributed by atoms with van der Waals surface area (Å²) in [5.41, 5.74) is 4.20. The van der Waals surface area contributed by atoms with Crippen molar-refractivity contribution in [2.45, 2.75) is 20.8 Å². The lowest BCUT2D eigenvalue weighted by molar-refractivity contribution is 0.101. The SMILES string of the molecule is CC(=O)c1c(C)cc(C)cc1N1CCOCC1. The smallest absolute Gasteiger partial charge is 0.162 e. The van der Waals surface area contributed by atoms with Gasteiger partial charge in [-0.2, -0.15) is 0 Å². The highest BCUT2D eigenvalue weighted by atomic mass is 16.5. The van der Waals surface area contributed by atoms with Gasteiger partial charge in [-0.1, -0.05) is 6.07 Å². The zero-order chi connectivity index (χ0) is 12.4. The van der Waals surface area contributed by atoms with Gasteiger partial charge in [-0.05, 0) is 38.0 Å². The Morgan fingerprint density at radius 1 is 1.24 bits per heavy atom. The third kappa shape index (κ3) is 2.50. The summed E-state index contributed by atoms with van der Waals surface area (Å²) in [6.45, 7) is 8.93. The number of aryl methyl sites for hydroxylation is 2. The van der Waals surface area contributed by atoms with Crippen LogP contribution in [0.15, 0.2) is 12.1 Å². The van der Waals surface area contributed by atoms with E-state index in [2.05, 4.69) is 24.0 Å². The molecule has 1 aliphatic heterocycles. The van der Waals surface area contributed by atoms with E-state index in [1.165, 1.54) is 5.56 Å². The Morgan fingerprint density at radius 2 is 1.88 bits per heavy atom. The monoisotopic (exact) mass is 233 g/mol. The average Bonchev–Trinajstić information content (AvgIpc) is 2.28. The first-order valence-corrected chi connectivity index (χ1v) is 6.04. The van der Waals surface area contributed by atoms with Crippen LogP contribution in [0.4, 0.5) is 5.69 Å². The molecule has 1 aliphatic rings. The summed E-state index contributed by atoms with van der Waals surface area (Å²) >= 11 is 0. The number of nitrogens with zero attached hydrogens (tertiary/aromatic N) is 1. The van der Waals surface area contributed by atoms with Crippen molar-refractivity contribution in [3.8, 4) is 0 Å². The van der Waals surface area contributed by atoms with E-state index >= 15 is 0 Å². The van der Waals surface area contributed by atoms with E-state index in [9.17, 15) is 4.79 Å². The van der Waals surface area contributed by atoms with Crippen molar-refractivity contribution in [1.29, 1.82) is 0 Å². The van der Waals surface area contributed by atoms with Crippen LogP contribution in [0.2, 0.25) is 0 Å². The van der Waals surface area contributed by atoms with Crippen molar-refractivity contribution in [3.05, 3.63) is 28.8 Å². The Hall–Kier alpha value is -1.35. The van der Waals surface area contributed by atoms with Gasteiger partial charge < -0.3 is 9.64 Å². The van der Waals surface area contributed by atoms with Crippen molar-refractivity contribution in [2.24, 2.45) is 0 Å². The zero-order valence-electron chi connectivity index (χ0n) is 10.7. The molecular formula is C14H19NO2. The molecule has 1 aromatic carbocycles. The van der Waals surface area contributed by atoms with Gasteiger partial charge in [0.15, 0.2) is 5.78 Å². The average molecular weight is 233 g/mol. The van der Waals surface area contributed by atoms with E-state index in [0.717, 1.165) is 43.1 Å². The number of rotatable bonds is 2. The predicted molar refractivity (Wildman–Crippen MR) is 69.0 cm³/mol. The fourth-order valence-corrected chi connectivity index (χ4v) is 2.46. The van der Waals surface area contributed by atoms with Crippen LogP contribution in [0, 0.1) is 13.8 Å². The molecule has 1 saturated heterocycles. The van der Waals surface area contributed by atoms with Crippen LogP contribution in [0.3, 0.4) is 0 Å². The fraction of sp³-hybridized carbons (Fsp3) is 0.500. The molecule has 0 saturated carbocycles. The van der Waals surface area contributed by atoms with Crippen LogP contribution in [-0.2, 0) is 4.74 Å². The lowest BCUT2D eigenvalue weighted by Gasteiger charge is -2.31. The van der Waals surface area contributed by atoms with Crippen molar-refractivity contribution >= 4 is 11.5 Å². The minimum Gasteiger partial charge on any atom is -0.378 e. The number of benzene rings is 1. The van der Waals surface area contributed by atoms with Gasteiger partial charge in [0.25, 0.3) is 0 Å². The fourth-order valence-electron chi connectivity index (χ4n) is 2.46. The summed E-state index contributed by atoms with van der Waals surface area (Å²) in [5, 5.41) is 0. The Morgan fingerprint density at radius 3 is 2.47 bits per heavy atom. The second-order valence-corrected chi connectivity index (χ2v) is 4.63. The molecule has 17 heavy (non-hydrogen) atoms. The maximum absolute atomic E-state index is 11.8. The molecule has 2 rings (SSSR count). The number of Topliss-reactive ketones (excluding diaryl/α,β-unsaturated/α-hetero) is 1. The van der Waals surface area contributed by atoms with E-state index in [-0.39, 0.29) is 5.78 Å². The highest BCUT2D eigenvalue weighted by Crippen LogP contribution is 2.27. The number of hydrogen-bond donors (Lipinski definition) is 0. The van der Waals surface area contributed by atoms with Crippen LogP contribution >= 0.6 is 0 Å². The highest BCUT2D eigenvalue weighted by molar-refractivity contribution is 6.01. The van der Waals surface area contributed by atoms with Crippen LogP contribution < -0.4 is 4.90 Å². The minimum atomic E-state index is 0.143. The van der Waals surface area contributed by atoms with E-state index in [0.29, 0.717) is 0 Å². The number of ketones is 1. The van der Waals surface area contributed by atoms with Crippen molar-refractivity contribution in [1.82, 2.24) is 0 Å². The lowest BCUT2D eigenvalue weighted by atomic mass is 9.99.